The second-order valence-electron chi connectivity index (χ2n) is 4.83. The maximum atomic E-state index is 12.4. The van der Waals surface area contributed by atoms with Gasteiger partial charge < -0.3 is 0 Å². The van der Waals surface area contributed by atoms with Crippen molar-refractivity contribution in [1.82, 2.24) is 0 Å². The SMILES string of the molecule is N#CC(C#N)=NNc1ccc(N2C(=O)c3ccccc3C2=O)cc1. The topological polar surface area (TPSA) is 109 Å². The molecule has 0 saturated heterocycles. The Bertz CT molecular complexity index is 897. The second kappa shape index (κ2) is 6.03. The highest BCUT2D eigenvalue weighted by Crippen LogP contribution is 2.28. The molecule has 0 bridgehead atoms. The number of rotatable bonds is 3. The molecule has 0 saturated carbocycles. The van der Waals surface area contributed by atoms with Crippen LogP contribution in [-0.4, -0.2) is 17.5 Å². The minimum absolute atomic E-state index is 0.306. The minimum atomic E-state index is -0.370. The molecule has 2 aromatic carbocycles. The third-order valence-electron chi connectivity index (χ3n) is 3.43. The zero-order chi connectivity index (χ0) is 17.1. The van der Waals surface area contributed by atoms with Gasteiger partial charge in [-0.25, -0.2) is 4.90 Å². The molecule has 0 radical (unpaired) electrons. The quantitative estimate of drug-likeness (QED) is 0.531. The van der Waals surface area contributed by atoms with E-state index in [0.29, 0.717) is 22.5 Å². The Kier molecular flexibility index (Phi) is 3.76. The van der Waals surface area contributed by atoms with E-state index in [9.17, 15) is 9.59 Å². The van der Waals surface area contributed by atoms with Gasteiger partial charge in [0.2, 0.25) is 5.71 Å². The average molecular weight is 315 g/mol. The van der Waals surface area contributed by atoms with E-state index in [0.717, 1.165) is 4.90 Å². The van der Waals surface area contributed by atoms with Gasteiger partial charge in [-0.15, -0.1) is 0 Å². The Balaban J connectivity index is 1.84. The summed E-state index contributed by atoms with van der Waals surface area (Å²) in [6.45, 7) is 0. The van der Waals surface area contributed by atoms with Crippen LogP contribution < -0.4 is 10.3 Å². The summed E-state index contributed by atoms with van der Waals surface area (Å²) in [6, 6.07) is 16.3. The average Bonchev–Trinajstić information content (AvgIpc) is 2.88. The minimum Gasteiger partial charge on any atom is -0.277 e. The van der Waals surface area contributed by atoms with Gasteiger partial charge >= 0.3 is 0 Å². The normalized spacial score (nSPS) is 12.2. The predicted molar refractivity (Wildman–Crippen MR) is 86.3 cm³/mol. The zero-order valence-electron chi connectivity index (χ0n) is 12.2. The van der Waals surface area contributed by atoms with E-state index in [1.165, 1.54) is 0 Å². The first kappa shape index (κ1) is 14.9. The number of nitriles is 2. The maximum Gasteiger partial charge on any atom is 0.266 e. The monoisotopic (exact) mass is 315 g/mol. The summed E-state index contributed by atoms with van der Waals surface area (Å²) < 4.78 is 0. The number of carbonyl (C=O) groups excluding carboxylic acids is 2. The molecule has 2 aromatic rings. The van der Waals surface area contributed by atoms with E-state index in [2.05, 4.69) is 10.5 Å². The number of fused-ring (bicyclic) bond motifs is 1. The lowest BCUT2D eigenvalue weighted by atomic mass is 10.1. The van der Waals surface area contributed by atoms with E-state index < -0.39 is 0 Å². The number of nitrogens with zero attached hydrogens (tertiary/aromatic N) is 4. The molecule has 114 valence electrons. The van der Waals surface area contributed by atoms with Crippen LogP contribution in [0.25, 0.3) is 0 Å². The highest BCUT2D eigenvalue weighted by atomic mass is 16.2. The highest BCUT2D eigenvalue weighted by Gasteiger charge is 2.36. The summed E-state index contributed by atoms with van der Waals surface area (Å²) in [4.78, 5) is 25.9. The molecule has 7 heteroatoms. The fraction of sp³-hybridized carbons (Fsp3) is 0. The molecule has 0 aromatic heterocycles. The van der Waals surface area contributed by atoms with Gasteiger partial charge in [0, 0.05) is 0 Å². The van der Waals surface area contributed by atoms with E-state index in [1.807, 2.05) is 0 Å². The molecular weight excluding hydrogens is 306 g/mol. The van der Waals surface area contributed by atoms with Crippen molar-refractivity contribution in [3.8, 4) is 12.1 Å². The van der Waals surface area contributed by atoms with E-state index >= 15 is 0 Å². The summed E-state index contributed by atoms with van der Waals surface area (Å²) in [5.41, 5.74) is 3.95. The Morgan fingerprint density at radius 3 is 1.96 bits per heavy atom. The molecule has 1 heterocycles. The Labute approximate surface area is 137 Å². The number of imide groups is 1. The van der Waals surface area contributed by atoms with Gasteiger partial charge in [-0.2, -0.15) is 15.6 Å². The number of amides is 2. The summed E-state index contributed by atoms with van der Waals surface area (Å²) in [7, 11) is 0. The van der Waals surface area contributed by atoms with Crippen molar-refractivity contribution in [2.75, 3.05) is 10.3 Å². The van der Waals surface area contributed by atoms with E-state index in [1.54, 1.807) is 60.7 Å². The number of nitrogens with one attached hydrogen (secondary N) is 1. The lowest BCUT2D eigenvalue weighted by molar-refractivity contribution is 0.0926. The standard InChI is InChI=1S/C17H9N5O2/c18-9-12(10-19)21-20-11-5-7-13(8-6-11)22-16(23)14-3-1-2-4-15(14)17(22)24/h1-8,20H. The molecule has 0 unspecified atom stereocenters. The first-order chi connectivity index (χ1) is 11.7. The molecule has 0 spiro atoms. The first-order valence-corrected chi connectivity index (χ1v) is 6.87. The van der Waals surface area contributed by atoms with Crippen molar-refractivity contribution in [3.63, 3.8) is 0 Å². The molecule has 1 aliphatic rings. The van der Waals surface area contributed by atoms with Gasteiger partial charge in [-0.1, -0.05) is 12.1 Å². The molecule has 3 rings (SSSR count). The Morgan fingerprint density at radius 2 is 1.46 bits per heavy atom. The molecule has 0 aliphatic carbocycles. The van der Waals surface area contributed by atoms with Crippen LogP contribution in [0.5, 0.6) is 0 Å². The molecule has 24 heavy (non-hydrogen) atoms. The van der Waals surface area contributed by atoms with Crippen LogP contribution >= 0.6 is 0 Å². The third kappa shape index (κ3) is 2.47. The van der Waals surface area contributed by atoms with Crippen LogP contribution in [0.2, 0.25) is 0 Å². The van der Waals surface area contributed by atoms with Gasteiger partial charge in [-0.05, 0) is 36.4 Å². The van der Waals surface area contributed by atoms with E-state index in [4.69, 9.17) is 10.5 Å². The molecule has 1 aliphatic heterocycles. The number of carbonyl (C=O) groups is 2. The van der Waals surface area contributed by atoms with Gasteiger partial charge in [0.05, 0.1) is 22.5 Å². The largest absolute Gasteiger partial charge is 0.277 e. The molecule has 2 amide bonds. The number of hydrazone groups is 1. The van der Waals surface area contributed by atoms with Crippen LogP contribution in [-0.2, 0) is 0 Å². The highest BCUT2D eigenvalue weighted by molar-refractivity contribution is 6.34. The number of anilines is 2. The van der Waals surface area contributed by atoms with Crippen LogP contribution in [0, 0.1) is 22.7 Å². The zero-order valence-corrected chi connectivity index (χ0v) is 12.2. The molecule has 1 N–H and O–H groups in total. The van der Waals surface area contributed by atoms with Gasteiger partial charge in [0.1, 0.15) is 12.1 Å². The molecular formula is C17H9N5O2. The van der Waals surface area contributed by atoms with Crippen LogP contribution in [0.15, 0.2) is 53.6 Å². The number of hydrogen-bond donors (Lipinski definition) is 1. The van der Waals surface area contributed by atoms with Crippen molar-refractivity contribution in [3.05, 3.63) is 59.7 Å². The Morgan fingerprint density at radius 1 is 0.917 bits per heavy atom. The third-order valence-corrected chi connectivity index (χ3v) is 3.43. The van der Waals surface area contributed by atoms with Crippen molar-refractivity contribution < 1.29 is 9.59 Å². The van der Waals surface area contributed by atoms with Crippen LogP contribution in [0.1, 0.15) is 20.7 Å². The fourth-order valence-corrected chi connectivity index (χ4v) is 2.30. The molecule has 0 fully saturated rings. The van der Waals surface area contributed by atoms with Gasteiger partial charge in [0.25, 0.3) is 11.8 Å². The van der Waals surface area contributed by atoms with E-state index in [-0.39, 0.29) is 17.5 Å². The van der Waals surface area contributed by atoms with Crippen molar-refractivity contribution in [1.29, 1.82) is 10.5 Å². The van der Waals surface area contributed by atoms with Crippen molar-refractivity contribution in [2.24, 2.45) is 5.10 Å². The first-order valence-electron chi connectivity index (χ1n) is 6.87. The summed E-state index contributed by atoms with van der Waals surface area (Å²) in [5, 5.41) is 20.8. The predicted octanol–water partition coefficient (Wildman–Crippen LogP) is 2.30. The number of benzene rings is 2. The van der Waals surface area contributed by atoms with Crippen LogP contribution in [0.3, 0.4) is 0 Å². The fourth-order valence-electron chi connectivity index (χ4n) is 2.30. The lowest BCUT2D eigenvalue weighted by Gasteiger charge is -2.14. The summed E-state index contributed by atoms with van der Waals surface area (Å²) >= 11 is 0. The number of hydrogen-bond acceptors (Lipinski definition) is 6. The van der Waals surface area contributed by atoms with Gasteiger partial charge in [0.15, 0.2) is 0 Å². The molecule has 0 atom stereocenters. The second-order valence-corrected chi connectivity index (χ2v) is 4.83. The van der Waals surface area contributed by atoms with Crippen molar-refractivity contribution >= 4 is 28.9 Å². The Hall–Kier alpha value is -3.97. The summed E-state index contributed by atoms with van der Waals surface area (Å²) in [5.74, 6) is -0.740. The van der Waals surface area contributed by atoms with Crippen LogP contribution in [0.4, 0.5) is 11.4 Å². The molecule has 7 nitrogen and oxygen atoms in total. The maximum absolute atomic E-state index is 12.4. The smallest absolute Gasteiger partial charge is 0.266 e. The van der Waals surface area contributed by atoms with Crippen molar-refractivity contribution in [2.45, 2.75) is 0 Å². The summed E-state index contributed by atoms with van der Waals surface area (Å²) in [6.07, 6.45) is 0. The lowest BCUT2D eigenvalue weighted by Crippen LogP contribution is -2.29. The van der Waals surface area contributed by atoms with Gasteiger partial charge in [-0.3, -0.25) is 15.0 Å².